The topological polar surface area (TPSA) is 61.8 Å². The van der Waals surface area contributed by atoms with E-state index in [1.54, 1.807) is 38.1 Å². The summed E-state index contributed by atoms with van der Waals surface area (Å²) in [7, 11) is 3.53. The van der Waals surface area contributed by atoms with Gasteiger partial charge in [0.1, 0.15) is 6.04 Å². The number of nitrogens with one attached hydrogen (secondary N) is 1. The number of amides is 2. The highest BCUT2D eigenvalue weighted by Crippen LogP contribution is 2.20. The molecule has 2 amide bonds. The molecule has 0 aliphatic carbocycles. The summed E-state index contributed by atoms with van der Waals surface area (Å²) < 4.78 is 1.56. The van der Waals surface area contributed by atoms with Crippen molar-refractivity contribution in [1.29, 1.82) is 0 Å². The van der Waals surface area contributed by atoms with E-state index in [0.717, 1.165) is 8.95 Å². The molecule has 7 heteroatoms. The summed E-state index contributed by atoms with van der Waals surface area (Å²) in [4.78, 5) is 29.1. The fourth-order valence-electron chi connectivity index (χ4n) is 1.31. The Kier molecular flexibility index (Phi) is 6.35. The molecular weight excluding hydrogens is 390 g/mol. The van der Waals surface area contributed by atoms with Gasteiger partial charge in [-0.15, -0.1) is 0 Å². The summed E-state index contributed by atoms with van der Waals surface area (Å²) in [5.74, 6) is -0.728. The Morgan fingerprint density at radius 3 is 2.30 bits per heavy atom. The molecule has 108 valence electrons. The molecule has 0 saturated heterocycles. The van der Waals surface area contributed by atoms with Gasteiger partial charge in [0, 0.05) is 28.6 Å². The van der Waals surface area contributed by atoms with Crippen molar-refractivity contribution >= 4 is 50.0 Å². The molecular formula is C13H15Br2N3O2. The van der Waals surface area contributed by atoms with Crippen LogP contribution in [0.1, 0.15) is 17.3 Å². The minimum absolute atomic E-state index is 0.326. The minimum Gasteiger partial charge on any atom is -0.369 e. The fourth-order valence-corrected chi connectivity index (χ4v) is 2.60. The number of benzene rings is 1. The van der Waals surface area contributed by atoms with Gasteiger partial charge >= 0.3 is 0 Å². The Morgan fingerprint density at radius 1 is 1.25 bits per heavy atom. The van der Waals surface area contributed by atoms with Gasteiger partial charge in [-0.1, -0.05) is 31.9 Å². The van der Waals surface area contributed by atoms with Crippen LogP contribution in [0.2, 0.25) is 0 Å². The molecule has 0 aromatic heterocycles. The number of halogens is 2. The molecule has 0 saturated carbocycles. The average Bonchev–Trinajstić information content (AvgIpc) is 2.34. The van der Waals surface area contributed by atoms with E-state index in [2.05, 4.69) is 42.2 Å². The molecule has 0 spiro atoms. The number of hydrogen-bond acceptors (Lipinski definition) is 2. The minimum atomic E-state index is -0.684. The smallest absolute Gasteiger partial charge is 0.269 e. The maximum atomic E-state index is 12.0. The van der Waals surface area contributed by atoms with Crippen LogP contribution >= 0.6 is 31.9 Å². The molecule has 0 radical (unpaired) electrons. The lowest BCUT2D eigenvalue weighted by Gasteiger charge is -2.11. The van der Waals surface area contributed by atoms with Crippen molar-refractivity contribution < 1.29 is 9.59 Å². The van der Waals surface area contributed by atoms with Crippen molar-refractivity contribution in [2.75, 3.05) is 14.1 Å². The second kappa shape index (κ2) is 7.54. The van der Waals surface area contributed by atoms with Gasteiger partial charge in [0.25, 0.3) is 11.8 Å². The van der Waals surface area contributed by atoms with Crippen LogP contribution in [0.25, 0.3) is 0 Å². The van der Waals surface area contributed by atoms with Crippen LogP contribution in [-0.4, -0.2) is 43.2 Å². The molecule has 5 nitrogen and oxygen atoms in total. The van der Waals surface area contributed by atoms with Crippen molar-refractivity contribution in [3.63, 3.8) is 0 Å². The Bertz CT molecular complexity index is 524. The number of aliphatic imine (C=N–C) groups is 1. The second-order valence-corrected chi connectivity index (χ2v) is 6.23. The first-order valence-electron chi connectivity index (χ1n) is 5.81. The van der Waals surface area contributed by atoms with Crippen molar-refractivity contribution in [2.45, 2.75) is 13.0 Å². The predicted molar refractivity (Wildman–Crippen MR) is 86.0 cm³/mol. The molecule has 0 heterocycles. The molecule has 1 rings (SSSR count). The molecule has 1 atom stereocenters. The van der Waals surface area contributed by atoms with Crippen molar-refractivity contribution in [1.82, 2.24) is 10.2 Å². The standard InChI is InChI=1S/C13H15Br2N3O2/c1-8(12(19)16-7-18(2)3)17-13(20)9-4-10(14)6-11(15)5-9/h4-8H,1-3H3,(H,17,20)/t8-/m0/s1. The zero-order valence-corrected chi connectivity index (χ0v) is 14.5. The second-order valence-electron chi connectivity index (χ2n) is 4.40. The lowest BCUT2D eigenvalue weighted by atomic mass is 10.2. The van der Waals surface area contributed by atoms with Crippen molar-refractivity contribution in [3.05, 3.63) is 32.7 Å². The van der Waals surface area contributed by atoms with Gasteiger partial charge in [-0.25, -0.2) is 4.99 Å². The van der Waals surface area contributed by atoms with Gasteiger partial charge in [0.05, 0.1) is 6.34 Å². The lowest BCUT2D eigenvalue weighted by molar-refractivity contribution is -0.119. The normalized spacial score (nSPS) is 12.2. The number of carbonyl (C=O) groups is 2. The van der Waals surface area contributed by atoms with E-state index in [0.29, 0.717) is 5.56 Å². The molecule has 1 aromatic rings. The first kappa shape index (κ1) is 16.8. The summed E-state index contributed by atoms with van der Waals surface area (Å²) in [6.07, 6.45) is 1.40. The molecule has 1 aromatic carbocycles. The number of rotatable bonds is 4. The van der Waals surface area contributed by atoms with Gasteiger partial charge in [-0.05, 0) is 25.1 Å². The highest BCUT2D eigenvalue weighted by atomic mass is 79.9. The van der Waals surface area contributed by atoms with Crippen LogP contribution in [0, 0.1) is 0 Å². The zero-order chi connectivity index (χ0) is 15.3. The van der Waals surface area contributed by atoms with Gasteiger partial charge in [0.2, 0.25) is 0 Å². The lowest BCUT2D eigenvalue weighted by Crippen LogP contribution is -2.38. The number of carbonyl (C=O) groups excluding carboxylic acids is 2. The van der Waals surface area contributed by atoms with E-state index in [4.69, 9.17) is 0 Å². The van der Waals surface area contributed by atoms with Gasteiger partial charge in [-0.2, -0.15) is 0 Å². The fraction of sp³-hybridized carbons (Fsp3) is 0.308. The Morgan fingerprint density at radius 2 is 1.80 bits per heavy atom. The molecule has 1 N–H and O–H groups in total. The van der Waals surface area contributed by atoms with E-state index >= 15 is 0 Å². The summed E-state index contributed by atoms with van der Waals surface area (Å²) in [5.41, 5.74) is 0.461. The SMILES string of the molecule is C[C@H](NC(=O)c1cc(Br)cc(Br)c1)C(=O)N=CN(C)C. The van der Waals surface area contributed by atoms with Gasteiger partial charge in [0.15, 0.2) is 0 Å². The quantitative estimate of drug-likeness (QED) is 0.619. The monoisotopic (exact) mass is 403 g/mol. The van der Waals surface area contributed by atoms with Crippen LogP contribution in [0.5, 0.6) is 0 Å². The third kappa shape index (κ3) is 5.42. The Labute approximate surface area is 134 Å². The third-order valence-corrected chi connectivity index (χ3v) is 3.17. The Hall–Kier alpha value is -1.21. The number of nitrogens with zero attached hydrogens (tertiary/aromatic N) is 2. The summed E-state index contributed by atoms with van der Waals surface area (Å²) in [6, 6.07) is 4.50. The molecule has 0 unspecified atom stereocenters. The molecule has 0 aliphatic heterocycles. The van der Waals surface area contributed by atoms with Crippen LogP contribution in [0.15, 0.2) is 32.1 Å². The van der Waals surface area contributed by atoms with E-state index in [9.17, 15) is 9.59 Å². The summed E-state index contributed by atoms with van der Waals surface area (Å²) >= 11 is 6.62. The Balaban J connectivity index is 2.72. The molecule has 0 aliphatic rings. The van der Waals surface area contributed by atoms with Crippen LogP contribution in [-0.2, 0) is 4.79 Å². The highest BCUT2D eigenvalue weighted by molar-refractivity contribution is 9.11. The zero-order valence-electron chi connectivity index (χ0n) is 11.4. The maximum Gasteiger partial charge on any atom is 0.269 e. The van der Waals surface area contributed by atoms with Crippen LogP contribution in [0.3, 0.4) is 0 Å². The van der Waals surface area contributed by atoms with Gasteiger partial charge < -0.3 is 10.2 Å². The predicted octanol–water partition coefficient (Wildman–Crippen LogP) is 2.45. The highest BCUT2D eigenvalue weighted by Gasteiger charge is 2.16. The largest absolute Gasteiger partial charge is 0.369 e. The maximum absolute atomic E-state index is 12.0. The molecule has 20 heavy (non-hydrogen) atoms. The summed E-state index contributed by atoms with van der Waals surface area (Å²) in [6.45, 7) is 1.60. The van der Waals surface area contributed by atoms with E-state index in [1.807, 2.05) is 6.07 Å². The summed E-state index contributed by atoms with van der Waals surface area (Å²) in [5, 5.41) is 2.61. The van der Waals surface area contributed by atoms with E-state index in [1.165, 1.54) is 6.34 Å². The third-order valence-electron chi connectivity index (χ3n) is 2.26. The number of hydrogen-bond donors (Lipinski definition) is 1. The van der Waals surface area contributed by atoms with Crippen molar-refractivity contribution in [3.8, 4) is 0 Å². The van der Waals surface area contributed by atoms with E-state index in [-0.39, 0.29) is 5.91 Å². The van der Waals surface area contributed by atoms with E-state index < -0.39 is 11.9 Å². The first-order chi connectivity index (χ1) is 9.29. The van der Waals surface area contributed by atoms with Gasteiger partial charge in [-0.3, -0.25) is 9.59 Å². The molecule has 0 bridgehead atoms. The molecule has 0 fully saturated rings. The van der Waals surface area contributed by atoms with Crippen LogP contribution < -0.4 is 5.32 Å². The van der Waals surface area contributed by atoms with Crippen molar-refractivity contribution in [2.24, 2.45) is 4.99 Å². The van der Waals surface area contributed by atoms with Crippen LogP contribution in [0.4, 0.5) is 0 Å². The first-order valence-corrected chi connectivity index (χ1v) is 7.39. The average molecular weight is 405 g/mol.